The van der Waals surface area contributed by atoms with Gasteiger partial charge in [0.2, 0.25) is 15.9 Å². The van der Waals surface area contributed by atoms with Gasteiger partial charge in [-0.3, -0.25) is 4.79 Å². The Bertz CT molecular complexity index is 1250. The minimum Gasteiger partial charge on any atom is -0.356 e. The Kier molecular flexibility index (Phi) is 6.51. The van der Waals surface area contributed by atoms with Crippen molar-refractivity contribution in [2.24, 2.45) is 5.14 Å². The van der Waals surface area contributed by atoms with Crippen LogP contribution >= 0.6 is 0 Å². The fourth-order valence-electron chi connectivity index (χ4n) is 4.47. The molecule has 2 heterocycles. The smallest absolute Gasteiger partial charge is 0.356 e. The molecular weight excluding hydrogens is 495 g/mol. The molecule has 2 aliphatic rings. The molecule has 1 aliphatic heterocycles. The van der Waals surface area contributed by atoms with Crippen LogP contribution in [0.5, 0.6) is 0 Å². The van der Waals surface area contributed by atoms with E-state index in [1.807, 2.05) is 0 Å². The first-order valence-corrected chi connectivity index (χ1v) is 12.5. The second-order valence-electron chi connectivity index (χ2n) is 8.75. The van der Waals surface area contributed by atoms with Gasteiger partial charge in [-0.2, -0.15) is 13.2 Å². The van der Waals surface area contributed by atoms with Crippen LogP contribution in [0.1, 0.15) is 53.2 Å². The molecule has 0 bridgehead atoms. The number of nitrogens with zero attached hydrogens (tertiary/aromatic N) is 2. The summed E-state index contributed by atoms with van der Waals surface area (Å²) in [4.78, 5) is 18.8. The van der Waals surface area contributed by atoms with E-state index in [1.165, 1.54) is 23.1 Å². The number of benzene rings is 1. The van der Waals surface area contributed by atoms with E-state index in [0.717, 1.165) is 12.1 Å². The molecule has 1 fully saturated rings. The summed E-state index contributed by atoms with van der Waals surface area (Å²) in [6, 6.07) is 6.19. The van der Waals surface area contributed by atoms with Gasteiger partial charge < -0.3 is 10.2 Å². The molecule has 3 N–H and O–H groups in total. The maximum atomic E-state index is 13.9. The van der Waals surface area contributed by atoms with Gasteiger partial charge in [0.05, 0.1) is 16.4 Å². The SMILES string of the molecule is NS(=O)(=O)c1cccc(NC(=O)c2cc3c(nc2N2CCCC(F)(F)CC2)CC[C@H]3C(F)(F)F)c1. The van der Waals surface area contributed by atoms with Crippen molar-refractivity contribution in [3.63, 3.8) is 0 Å². The average Bonchev–Trinajstić information content (AvgIpc) is 3.09. The van der Waals surface area contributed by atoms with Gasteiger partial charge in [-0.15, -0.1) is 0 Å². The van der Waals surface area contributed by atoms with Gasteiger partial charge in [0.15, 0.2) is 0 Å². The lowest BCUT2D eigenvalue weighted by atomic mass is 10.00. The van der Waals surface area contributed by atoms with Crippen LogP contribution in [-0.2, 0) is 16.4 Å². The second-order valence-corrected chi connectivity index (χ2v) is 10.3. The number of carbonyl (C=O) groups excluding carboxylic acids is 1. The van der Waals surface area contributed by atoms with Crippen molar-refractivity contribution in [3.05, 3.63) is 47.2 Å². The van der Waals surface area contributed by atoms with Gasteiger partial charge in [-0.25, -0.2) is 27.3 Å². The van der Waals surface area contributed by atoms with Crippen LogP contribution in [0.2, 0.25) is 0 Å². The normalized spacial score (nSPS) is 20.3. The third-order valence-corrected chi connectivity index (χ3v) is 7.15. The minimum absolute atomic E-state index is 0.0318. The molecular formula is C22H23F5N4O3S. The highest BCUT2D eigenvalue weighted by molar-refractivity contribution is 7.89. The number of amides is 1. The zero-order valence-corrected chi connectivity index (χ0v) is 19.2. The zero-order chi connectivity index (χ0) is 25.6. The van der Waals surface area contributed by atoms with Crippen molar-refractivity contribution in [1.29, 1.82) is 0 Å². The van der Waals surface area contributed by atoms with E-state index in [-0.39, 0.29) is 72.0 Å². The highest BCUT2D eigenvalue weighted by atomic mass is 32.2. The summed E-state index contributed by atoms with van der Waals surface area (Å²) < 4.78 is 91.8. The van der Waals surface area contributed by atoms with Crippen LogP contribution in [0, 0.1) is 0 Å². The lowest BCUT2D eigenvalue weighted by molar-refractivity contribution is -0.149. The van der Waals surface area contributed by atoms with E-state index in [0.29, 0.717) is 0 Å². The number of alkyl halides is 5. The summed E-state index contributed by atoms with van der Waals surface area (Å²) in [6.07, 6.45) is -5.40. The van der Waals surface area contributed by atoms with E-state index >= 15 is 0 Å². The number of halogens is 5. The molecule has 1 atom stereocenters. The zero-order valence-electron chi connectivity index (χ0n) is 18.4. The number of fused-ring (bicyclic) bond motifs is 1. The molecule has 35 heavy (non-hydrogen) atoms. The number of anilines is 2. The quantitative estimate of drug-likeness (QED) is 0.591. The van der Waals surface area contributed by atoms with Crippen molar-refractivity contribution in [3.8, 4) is 0 Å². The molecule has 0 spiro atoms. The van der Waals surface area contributed by atoms with E-state index in [2.05, 4.69) is 10.3 Å². The fourth-order valence-corrected chi connectivity index (χ4v) is 5.03. The number of primary sulfonamides is 1. The summed E-state index contributed by atoms with van der Waals surface area (Å²) in [6.45, 7) is 0.0356. The highest BCUT2D eigenvalue weighted by Gasteiger charge is 2.45. The van der Waals surface area contributed by atoms with Crippen LogP contribution in [0.25, 0.3) is 0 Å². The molecule has 0 saturated carbocycles. The molecule has 1 aromatic carbocycles. The number of sulfonamides is 1. The predicted octanol–water partition coefficient (Wildman–Crippen LogP) is 4.20. The highest BCUT2D eigenvalue weighted by Crippen LogP contribution is 2.45. The summed E-state index contributed by atoms with van der Waals surface area (Å²) in [7, 11) is -4.07. The Labute approximate surface area is 198 Å². The van der Waals surface area contributed by atoms with Gasteiger partial charge in [0.1, 0.15) is 5.82 Å². The molecule has 1 aromatic heterocycles. The van der Waals surface area contributed by atoms with Crippen LogP contribution in [0.3, 0.4) is 0 Å². The van der Waals surface area contributed by atoms with Gasteiger partial charge in [-0.05, 0) is 49.1 Å². The molecule has 7 nitrogen and oxygen atoms in total. The van der Waals surface area contributed by atoms with Gasteiger partial charge in [0.25, 0.3) is 5.91 Å². The minimum atomic E-state index is -4.53. The molecule has 0 unspecified atom stereocenters. The largest absolute Gasteiger partial charge is 0.395 e. The first-order valence-electron chi connectivity index (χ1n) is 10.9. The molecule has 1 amide bonds. The molecule has 13 heteroatoms. The third-order valence-electron chi connectivity index (χ3n) is 6.24. The van der Waals surface area contributed by atoms with Crippen LogP contribution < -0.4 is 15.4 Å². The van der Waals surface area contributed by atoms with Gasteiger partial charge >= 0.3 is 6.18 Å². The monoisotopic (exact) mass is 518 g/mol. The molecule has 0 radical (unpaired) electrons. The molecule has 2 aromatic rings. The number of hydrogen-bond acceptors (Lipinski definition) is 5. The van der Waals surface area contributed by atoms with Crippen molar-refractivity contribution < 1.29 is 35.2 Å². The number of pyridine rings is 1. The van der Waals surface area contributed by atoms with Crippen LogP contribution in [-0.4, -0.2) is 44.5 Å². The molecule has 4 rings (SSSR count). The summed E-state index contributed by atoms with van der Waals surface area (Å²) in [5.41, 5.74) is -0.0928. The molecule has 1 saturated heterocycles. The van der Waals surface area contributed by atoms with Gasteiger partial charge in [-0.1, -0.05) is 6.07 Å². The average molecular weight is 519 g/mol. The van der Waals surface area contributed by atoms with Gasteiger partial charge in [0, 0.05) is 37.3 Å². The first-order chi connectivity index (χ1) is 16.2. The Balaban J connectivity index is 1.74. The maximum absolute atomic E-state index is 13.9. The van der Waals surface area contributed by atoms with Crippen LogP contribution in [0.15, 0.2) is 35.2 Å². The van der Waals surface area contributed by atoms with Crippen molar-refractivity contribution in [1.82, 2.24) is 4.98 Å². The van der Waals surface area contributed by atoms with E-state index in [9.17, 15) is 35.2 Å². The Hall–Kier alpha value is -2.80. The number of nitrogens with one attached hydrogen (secondary N) is 1. The molecule has 1 aliphatic carbocycles. The van der Waals surface area contributed by atoms with E-state index < -0.39 is 40.4 Å². The van der Waals surface area contributed by atoms with E-state index in [1.54, 1.807) is 0 Å². The number of nitrogens with two attached hydrogens (primary N) is 1. The van der Waals surface area contributed by atoms with Crippen molar-refractivity contribution in [2.45, 2.75) is 55.0 Å². The third kappa shape index (κ3) is 5.56. The topological polar surface area (TPSA) is 105 Å². The number of aryl methyl sites for hydroxylation is 1. The summed E-state index contributed by atoms with van der Waals surface area (Å²) >= 11 is 0. The molecule has 190 valence electrons. The number of aromatic nitrogens is 1. The second kappa shape index (κ2) is 9.01. The number of hydrogen-bond donors (Lipinski definition) is 2. The van der Waals surface area contributed by atoms with Crippen molar-refractivity contribution in [2.75, 3.05) is 23.3 Å². The first kappa shape index (κ1) is 25.3. The lowest BCUT2D eigenvalue weighted by Crippen LogP contribution is -2.30. The standard InChI is InChI=1S/C22H23F5N4O3S/c23-21(24)7-2-9-31(10-8-21)19-16(12-15-17(22(25,26)27)5-6-18(15)30-19)20(32)29-13-3-1-4-14(11-13)35(28,33)34/h1,3-4,11-12,17H,2,5-10H2,(H,29,32)(H2,28,33,34)/t17-/m1/s1. The lowest BCUT2D eigenvalue weighted by Gasteiger charge is -2.25. The Morgan fingerprint density at radius 2 is 1.91 bits per heavy atom. The maximum Gasteiger partial charge on any atom is 0.395 e. The summed E-state index contributed by atoms with van der Waals surface area (Å²) in [5.74, 6) is -5.48. The predicted molar refractivity (Wildman–Crippen MR) is 118 cm³/mol. The fraction of sp³-hybridized carbons (Fsp3) is 0.455. The number of rotatable bonds is 4. The number of carbonyl (C=O) groups is 1. The van der Waals surface area contributed by atoms with E-state index in [4.69, 9.17) is 5.14 Å². The Morgan fingerprint density at radius 1 is 1.17 bits per heavy atom. The summed E-state index contributed by atoms with van der Waals surface area (Å²) in [5, 5.41) is 7.59. The van der Waals surface area contributed by atoms with Crippen LogP contribution in [0.4, 0.5) is 33.5 Å². The Morgan fingerprint density at radius 3 is 2.60 bits per heavy atom. The van der Waals surface area contributed by atoms with Crippen molar-refractivity contribution >= 4 is 27.4 Å².